The molecule has 0 aromatic rings. The normalized spacial score (nSPS) is 30.4. The van der Waals surface area contributed by atoms with E-state index in [2.05, 4.69) is 5.32 Å². The Morgan fingerprint density at radius 3 is 2.09 bits per heavy atom. The standard InChI is InChI=1S/C7H9NO3/c1-3-5(4(2)9)7(11)8-6(3)10/h3,5H,1-2H3,(H,8,10,11)/t3-,5+/m0/s1. The van der Waals surface area contributed by atoms with Crippen LogP contribution in [0.15, 0.2) is 0 Å². The van der Waals surface area contributed by atoms with E-state index in [0.29, 0.717) is 0 Å². The van der Waals surface area contributed by atoms with Gasteiger partial charge in [0, 0.05) is 0 Å². The number of ketones is 1. The van der Waals surface area contributed by atoms with E-state index < -0.39 is 17.7 Å². The summed E-state index contributed by atoms with van der Waals surface area (Å²) in [5.74, 6) is -2.33. The van der Waals surface area contributed by atoms with Crippen molar-refractivity contribution in [3.63, 3.8) is 0 Å². The van der Waals surface area contributed by atoms with Gasteiger partial charge >= 0.3 is 0 Å². The molecule has 0 aromatic carbocycles. The summed E-state index contributed by atoms with van der Waals surface area (Å²) in [6, 6.07) is 0. The van der Waals surface area contributed by atoms with E-state index in [-0.39, 0.29) is 11.7 Å². The molecule has 4 heteroatoms. The molecule has 2 amide bonds. The molecule has 2 atom stereocenters. The Balaban J connectivity index is 2.88. The third-order valence-electron chi connectivity index (χ3n) is 1.88. The Labute approximate surface area is 64.0 Å². The maximum Gasteiger partial charge on any atom is 0.237 e. The van der Waals surface area contributed by atoms with Crippen molar-refractivity contribution < 1.29 is 14.4 Å². The van der Waals surface area contributed by atoms with Crippen LogP contribution in [0.3, 0.4) is 0 Å². The van der Waals surface area contributed by atoms with Crippen LogP contribution in [-0.2, 0) is 14.4 Å². The highest BCUT2D eigenvalue weighted by Gasteiger charge is 2.41. The summed E-state index contributed by atoms with van der Waals surface area (Å²) < 4.78 is 0. The number of carbonyl (C=O) groups is 3. The van der Waals surface area contributed by atoms with Crippen LogP contribution in [-0.4, -0.2) is 17.6 Å². The molecule has 0 aliphatic carbocycles. The zero-order valence-electron chi connectivity index (χ0n) is 6.38. The highest BCUT2D eigenvalue weighted by Crippen LogP contribution is 2.18. The van der Waals surface area contributed by atoms with Gasteiger partial charge in [-0.25, -0.2) is 0 Å². The highest BCUT2D eigenvalue weighted by molar-refractivity contribution is 6.14. The van der Waals surface area contributed by atoms with E-state index in [4.69, 9.17) is 0 Å². The first-order valence-electron chi connectivity index (χ1n) is 3.39. The summed E-state index contributed by atoms with van der Waals surface area (Å²) in [6.45, 7) is 2.89. The Bertz CT molecular complexity index is 234. The molecule has 0 saturated carbocycles. The third-order valence-corrected chi connectivity index (χ3v) is 1.88. The second kappa shape index (κ2) is 2.45. The van der Waals surface area contributed by atoms with Crippen LogP contribution >= 0.6 is 0 Å². The van der Waals surface area contributed by atoms with Crippen molar-refractivity contribution in [2.75, 3.05) is 0 Å². The molecule has 1 heterocycles. The maximum atomic E-state index is 10.9. The lowest BCUT2D eigenvalue weighted by Gasteiger charge is -2.04. The fourth-order valence-corrected chi connectivity index (χ4v) is 1.23. The lowest BCUT2D eigenvalue weighted by molar-refractivity contribution is -0.131. The van der Waals surface area contributed by atoms with Crippen molar-refractivity contribution in [1.29, 1.82) is 0 Å². The van der Waals surface area contributed by atoms with Gasteiger partial charge in [0.2, 0.25) is 11.8 Å². The predicted octanol–water partition coefficient (Wildman–Crippen LogP) is -0.516. The smallest absolute Gasteiger partial charge is 0.237 e. The highest BCUT2D eigenvalue weighted by atomic mass is 16.2. The van der Waals surface area contributed by atoms with Crippen LogP contribution in [0.1, 0.15) is 13.8 Å². The quantitative estimate of drug-likeness (QED) is 0.409. The molecular weight excluding hydrogens is 146 g/mol. The minimum atomic E-state index is -0.762. The fraction of sp³-hybridized carbons (Fsp3) is 0.571. The molecule has 11 heavy (non-hydrogen) atoms. The molecule has 0 unspecified atom stereocenters. The lowest BCUT2D eigenvalue weighted by atomic mass is 9.94. The van der Waals surface area contributed by atoms with Crippen LogP contribution < -0.4 is 5.32 Å². The van der Waals surface area contributed by atoms with Crippen molar-refractivity contribution >= 4 is 17.6 Å². The molecule has 0 bridgehead atoms. The molecule has 0 radical (unpaired) electrons. The van der Waals surface area contributed by atoms with Crippen LogP contribution in [0.4, 0.5) is 0 Å². The summed E-state index contributed by atoms with van der Waals surface area (Å²) in [7, 11) is 0. The van der Waals surface area contributed by atoms with E-state index >= 15 is 0 Å². The van der Waals surface area contributed by atoms with Crippen LogP contribution in [0.2, 0.25) is 0 Å². The first-order chi connectivity index (χ1) is 5.04. The molecule has 1 saturated heterocycles. The number of Topliss-reactive ketones (excluding diaryl/α,β-unsaturated/α-hetero) is 1. The number of hydrogen-bond donors (Lipinski definition) is 1. The van der Waals surface area contributed by atoms with Gasteiger partial charge in [-0.05, 0) is 6.92 Å². The van der Waals surface area contributed by atoms with Crippen LogP contribution in [0, 0.1) is 11.8 Å². The van der Waals surface area contributed by atoms with Gasteiger partial charge in [0.25, 0.3) is 0 Å². The molecule has 1 aliphatic rings. The van der Waals surface area contributed by atoms with Crippen molar-refractivity contribution in [2.45, 2.75) is 13.8 Å². The summed E-state index contributed by atoms with van der Waals surface area (Å²) in [5, 5.41) is 2.10. The monoisotopic (exact) mass is 155 g/mol. The van der Waals surface area contributed by atoms with Gasteiger partial charge < -0.3 is 0 Å². The van der Waals surface area contributed by atoms with E-state index in [1.54, 1.807) is 6.92 Å². The average Bonchev–Trinajstić information content (AvgIpc) is 2.07. The van der Waals surface area contributed by atoms with Gasteiger partial charge in [-0.15, -0.1) is 0 Å². The van der Waals surface area contributed by atoms with Crippen molar-refractivity contribution in [2.24, 2.45) is 11.8 Å². The van der Waals surface area contributed by atoms with Gasteiger partial charge in [0.1, 0.15) is 11.7 Å². The summed E-state index contributed by atoms with van der Waals surface area (Å²) in [6.07, 6.45) is 0. The maximum absolute atomic E-state index is 10.9. The second-order valence-corrected chi connectivity index (χ2v) is 2.73. The van der Waals surface area contributed by atoms with Crippen molar-refractivity contribution in [3.8, 4) is 0 Å². The number of amides is 2. The molecule has 1 aliphatic heterocycles. The first-order valence-corrected chi connectivity index (χ1v) is 3.39. The molecule has 4 nitrogen and oxygen atoms in total. The lowest BCUT2D eigenvalue weighted by Crippen LogP contribution is -2.25. The molecular formula is C7H9NO3. The number of rotatable bonds is 1. The minimum absolute atomic E-state index is 0.249. The third kappa shape index (κ3) is 1.15. The molecule has 1 rings (SSSR count). The largest absolute Gasteiger partial charge is 0.299 e. The van der Waals surface area contributed by atoms with Crippen LogP contribution in [0.25, 0.3) is 0 Å². The van der Waals surface area contributed by atoms with Crippen LogP contribution in [0.5, 0.6) is 0 Å². The van der Waals surface area contributed by atoms with Gasteiger partial charge in [0.05, 0.1) is 5.92 Å². The molecule has 1 N–H and O–H groups in total. The SMILES string of the molecule is CC(=O)[C@@H]1C(=O)NC(=O)[C@H]1C. The zero-order valence-corrected chi connectivity index (χ0v) is 6.38. The Hall–Kier alpha value is -1.19. The number of hydrogen-bond acceptors (Lipinski definition) is 3. The fourth-order valence-electron chi connectivity index (χ4n) is 1.23. The van der Waals surface area contributed by atoms with Gasteiger partial charge in [-0.3, -0.25) is 19.7 Å². The minimum Gasteiger partial charge on any atom is -0.299 e. The van der Waals surface area contributed by atoms with E-state index in [9.17, 15) is 14.4 Å². The molecule has 60 valence electrons. The van der Waals surface area contributed by atoms with Gasteiger partial charge in [-0.1, -0.05) is 6.92 Å². The van der Waals surface area contributed by atoms with Gasteiger partial charge in [0.15, 0.2) is 0 Å². The summed E-state index contributed by atoms with van der Waals surface area (Å²) >= 11 is 0. The zero-order chi connectivity index (χ0) is 8.59. The number of nitrogens with one attached hydrogen (secondary N) is 1. The molecule has 0 aromatic heterocycles. The summed E-state index contributed by atoms with van der Waals surface area (Å²) in [5.41, 5.74) is 0. The predicted molar refractivity (Wildman–Crippen MR) is 36.5 cm³/mol. The second-order valence-electron chi connectivity index (χ2n) is 2.73. The summed E-state index contributed by atoms with van der Waals surface area (Å²) in [4.78, 5) is 32.5. The average molecular weight is 155 g/mol. The first kappa shape index (κ1) is 7.91. The van der Waals surface area contributed by atoms with Crippen molar-refractivity contribution in [3.05, 3.63) is 0 Å². The van der Waals surface area contributed by atoms with E-state index in [0.717, 1.165) is 0 Å². The number of carbonyl (C=O) groups excluding carboxylic acids is 3. The van der Waals surface area contributed by atoms with E-state index in [1.165, 1.54) is 6.92 Å². The molecule has 0 spiro atoms. The topological polar surface area (TPSA) is 63.2 Å². The Kier molecular flexibility index (Phi) is 1.76. The van der Waals surface area contributed by atoms with E-state index in [1.807, 2.05) is 0 Å². The Morgan fingerprint density at radius 2 is 1.91 bits per heavy atom. The van der Waals surface area contributed by atoms with Crippen molar-refractivity contribution in [1.82, 2.24) is 5.32 Å². The molecule has 1 fully saturated rings. The van der Waals surface area contributed by atoms with Gasteiger partial charge in [-0.2, -0.15) is 0 Å². The number of imide groups is 1. The Morgan fingerprint density at radius 1 is 1.36 bits per heavy atom.